The molecule has 0 amide bonds. The average molecular weight is 351 g/mol. The summed E-state index contributed by atoms with van der Waals surface area (Å²) in [6, 6.07) is -0.464. The van der Waals surface area contributed by atoms with E-state index in [1.54, 1.807) is 0 Å². The highest BCUT2D eigenvalue weighted by Gasteiger charge is 2.29. The Balaban J connectivity index is 0. The monoisotopic (exact) mass is 349 g/mol. The molecule has 2 heterocycles. The summed E-state index contributed by atoms with van der Waals surface area (Å²) in [6.07, 6.45) is -1.87. The third kappa shape index (κ3) is 4.29. The van der Waals surface area contributed by atoms with Crippen molar-refractivity contribution in [2.24, 2.45) is 0 Å². The van der Waals surface area contributed by atoms with Crippen LogP contribution in [0, 0.1) is 0 Å². The number of aromatic amines is 1. The van der Waals surface area contributed by atoms with E-state index in [0.29, 0.717) is 12.4 Å². The van der Waals surface area contributed by atoms with E-state index in [-0.39, 0.29) is 48.9 Å². The van der Waals surface area contributed by atoms with E-state index in [9.17, 15) is 15.0 Å². The van der Waals surface area contributed by atoms with Crippen molar-refractivity contribution in [3.8, 4) is 0 Å². The van der Waals surface area contributed by atoms with Gasteiger partial charge in [-0.2, -0.15) is 4.98 Å². The predicted octanol–water partition coefficient (Wildman–Crippen LogP) is -0.435. The molecule has 0 fully saturated rings. The van der Waals surface area contributed by atoms with Gasteiger partial charge >= 0.3 is 0 Å². The minimum absolute atomic E-state index is 0. The molecule has 0 radical (unpaired) electrons. The number of rotatable bonds is 2. The summed E-state index contributed by atoms with van der Waals surface area (Å²) in [4.78, 5) is 17.9. The smallest absolute Gasteiger partial charge is 0.277 e. The van der Waals surface area contributed by atoms with Crippen molar-refractivity contribution < 1.29 is 10.2 Å². The maximum absolute atomic E-state index is 11.6. The standard InChI is InChI=1S/C9H15N5O3.3ClH/c1-3(15)6(16)4-2-11-7-5(12-4)8(17)14-9(10)13-7;;;/h3-4,6,12,15-16H,2H2,1H3,(H4,10,11,13,14,17);3*1H/t3-,4+,6-;;;/m0.../s1. The molecule has 0 aliphatic carbocycles. The molecule has 20 heavy (non-hydrogen) atoms. The van der Waals surface area contributed by atoms with Crippen LogP contribution in [0.25, 0.3) is 0 Å². The molecular formula is C9H18Cl3N5O3. The molecule has 7 N–H and O–H groups in total. The van der Waals surface area contributed by atoms with Crippen molar-refractivity contribution in [3.63, 3.8) is 0 Å². The van der Waals surface area contributed by atoms with Gasteiger partial charge < -0.3 is 26.6 Å². The summed E-state index contributed by atoms with van der Waals surface area (Å²) in [6.45, 7) is 1.82. The molecule has 1 aromatic rings. The van der Waals surface area contributed by atoms with Crippen molar-refractivity contribution >= 4 is 54.7 Å². The van der Waals surface area contributed by atoms with Crippen LogP contribution in [-0.4, -0.2) is 45.0 Å². The van der Waals surface area contributed by atoms with E-state index in [0.717, 1.165) is 0 Å². The number of nitrogens with one attached hydrogen (secondary N) is 3. The number of halogens is 3. The zero-order chi connectivity index (χ0) is 12.6. The molecule has 3 atom stereocenters. The topological polar surface area (TPSA) is 136 Å². The molecule has 118 valence electrons. The van der Waals surface area contributed by atoms with Gasteiger partial charge in [0, 0.05) is 6.54 Å². The Labute approximate surface area is 133 Å². The largest absolute Gasteiger partial charge is 0.391 e. The summed E-state index contributed by atoms with van der Waals surface area (Å²) in [5.74, 6) is 0.373. The minimum atomic E-state index is -0.979. The SMILES string of the molecule is C[C@H](O)[C@H](O)[C@H]1CNc2nc(N)[nH]c(=O)c2N1.Cl.Cl.Cl. The van der Waals surface area contributed by atoms with Crippen molar-refractivity contribution in [1.29, 1.82) is 0 Å². The van der Waals surface area contributed by atoms with Gasteiger partial charge in [0.25, 0.3) is 5.56 Å². The predicted molar refractivity (Wildman–Crippen MR) is 84.6 cm³/mol. The lowest BCUT2D eigenvalue weighted by atomic mass is 10.0. The quantitative estimate of drug-likeness (QED) is 0.425. The van der Waals surface area contributed by atoms with Gasteiger partial charge in [-0.15, -0.1) is 37.2 Å². The van der Waals surface area contributed by atoms with Gasteiger partial charge in [-0.3, -0.25) is 9.78 Å². The lowest BCUT2D eigenvalue weighted by molar-refractivity contribution is 0.0214. The van der Waals surface area contributed by atoms with Crippen LogP contribution < -0.4 is 21.9 Å². The van der Waals surface area contributed by atoms with E-state index >= 15 is 0 Å². The van der Waals surface area contributed by atoms with Crippen LogP contribution in [0.3, 0.4) is 0 Å². The van der Waals surface area contributed by atoms with E-state index in [1.165, 1.54) is 6.92 Å². The van der Waals surface area contributed by atoms with Gasteiger partial charge in [0.05, 0.1) is 12.1 Å². The van der Waals surface area contributed by atoms with Crippen LogP contribution in [0.15, 0.2) is 4.79 Å². The number of aromatic nitrogens is 2. The van der Waals surface area contributed by atoms with Crippen molar-refractivity contribution in [2.45, 2.75) is 25.2 Å². The Hall–Kier alpha value is -0.930. The molecule has 0 spiro atoms. The summed E-state index contributed by atoms with van der Waals surface area (Å²) >= 11 is 0. The summed E-state index contributed by atoms with van der Waals surface area (Å²) in [5, 5.41) is 24.7. The second kappa shape index (κ2) is 8.38. The summed E-state index contributed by atoms with van der Waals surface area (Å²) < 4.78 is 0. The first-order valence-corrected chi connectivity index (χ1v) is 5.25. The summed E-state index contributed by atoms with van der Waals surface area (Å²) in [5.41, 5.74) is 5.20. The van der Waals surface area contributed by atoms with E-state index in [4.69, 9.17) is 5.73 Å². The van der Waals surface area contributed by atoms with Crippen LogP contribution in [0.5, 0.6) is 0 Å². The highest BCUT2D eigenvalue weighted by Crippen LogP contribution is 2.21. The first-order valence-electron chi connectivity index (χ1n) is 5.25. The van der Waals surface area contributed by atoms with Crippen LogP contribution in [0.1, 0.15) is 6.92 Å². The summed E-state index contributed by atoms with van der Waals surface area (Å²) in [7, 11) is 0. The Morgan fingerprint density at radius 3 is 2.50 bits per heavy atom. The van der Waals surface area contributed by atoms with Crippen molar-refractivity contribution in [1.82, 2.24) is 9.97 Å². The third-order valence-corrected chi connectivity index (χ3v) is 2.66. The maximum atomic E-state index is 11.6. The molecule has 0 saturated heterocycles. The molecule has 8 nitrogen and oxygen atoms in total. The number of aliphatic hydroxyl groups is 2. The fraction of sp³-hybridized carbons (Fsp3) is 0.556. The molecule has 0 unspecified atom stereocenters. The molecule has 11 heteroatoms. The highest BCUT2D eigenvalue weighted by molar-refractivity contribution is 5.86. The van der Waals surface area contributed by atoms with Crippen LogP contribution in [0.2, 0.25) is 0 Å². The molecule has 0 aromatic carbocycles. The lowest BCUT2D eigenvalue weighted by Crippen LogP contribution is -2.48. The maximum Gasteiger partial charge on any atom is 0.277 e. The number of aliphatic hydroxyl groups excluding tert-OH is 2. The fourth-order valence-corrected chi connectivity index (χ4v) is 1.74. The average Bonchev–Trinajstić information content (AvgIpc) is 2.27. The Morgan fingerprint density at radius 1 is 1.35 bits per heavy atom. The number of fused-ring (bicyclic) bond motifs is 1. The zero-order valence-electron chi connectivity index (χ0n) is 10.5. The van der Waals surface area contributed by atoms with Gasteiger partial charge in [0.1, 0.15) is 11.8 Å². The van der Waals surface area contributed by atoms with Crippen LogP contribution in [0.4, 0.5) is 17.5 Å². The molecule has 1 aliphatic rings. The lowest BCUT2D eigenvalue weighted by Gasteiger charge is -2.31. The molecule has 0 bridgehead atoms. The van der Waals surface area contributed by atoms with E-state index in [1.807, 2.05) is 0 Å². The molecule has 0 saturated carbocycles. The van der Waals surface area contributed by atoms with E-state index in [2.05, 4.69) is 20.6 Å². The van der Waals surface area contributed by atoms with Crippen molar-refractivity contribution in [3.05, 3.63) is 10.4 Å². The Kier molecular flexibility index (Phi) is 8.95. The Bertz CT molecular complexity index is 484. The minimum Gasteiger partial charge on any atom is -0.391 e. The molecule has 2 rings (SSSR count). The number of hydrogen-bond acceptors (Lipinski definition) is 7. The zero-order valence-corrected chi connectivity index (χ0v) is 12.9. The first kappa shape index (κ1) is 21.4. The number of nitrogens with zero attached hydrogens (tertiary/aromatic N) is 1. The van der Waals surface area contributed by atoms with Crippen LogP contribution >= 0.6 is 37.2 Å². The number of hydrogen-bond donors (Lipinski definition) is 6. The normalized spacial score (nSPS) is 18.6. The van der Waals surface area contributed by atoms with Crippen molar-refractivity contribution in [2.75, 3.05) is 22.9 Å². The van der Waals surface area contributed by atoms with Crippen LogP contribution in [-0.2, 0) is 0 Å². The molecular weight excluding hydrogens is 332 g/mol. The number of anilines is 3. The first-order chi connectivity index (χ1) is 7.99. The second-order valence-electron chi connectivity index (χ2n) is 4.04. The number of nitrogen functional groups attached to an aromatic ring is 1. The van der Waals surface area contributed by atoms with Gasteiger partial charge in [0.15, 0.2) is 5.82 Å². The number of H-pyrrole nitrogens is 1. The fourth-order valence-electron chi connectivity index (χ4n) is 1.74. The van der Waals surface area contributed by atoms with Gasteiger partial charge in [-0.1, -0.05) is 0 Å². The van der Waals surface area contributed by atoms with Gasteiger partial charge in [-0.05, 0) is 6.92 Å². The van der Waals surface area contributed by atoms with Gasteiger partial charge in [-0.25, -0.2) is 0 Å². The highest BCUT2D eigenvalue weighted by atomic mass is 35.5. The van der Waals surface area contributed by atoms with E-state index < -0.39 is 23.8 Å². The molecule has 1 aliphatic heterocycles. The molecule has 1 aromatic heterocycles. The second-order valence-corrected chi connectivity index (χ2v) is 4.04. The number of nitrogens with two attached hydrogens (primary N) is 1. The third-order valence-electron chi connectivity index (χ3n) is 2.66. The Morgan fingerprint density at radius 2 is 1.95 bits per heavy atom. The van der Waals surface area contributed by atoms with Gasteiger partial charge in [0.2, 0.25) is 5.95 Å².